The molecule has 2 N–H and O–H groups in total. The van der Waals surface area contributed by atoms with E-state index in [0.717, 1.165) is 13.1 Å². The largest absolute Gasteiger partial charge is 0.398 e. The van der Waals surface area contributed by atoms with Gasteiger partial charge >= 0.3 is 0 Å². The minimum absolute atomic E-state index is 0.0701. The van der Waals surface area contributed by atoms with Gasteiger partial charge in [-0.3, -0.25) is 4.79 Å². The van der Waals surface area contributed by atoms with E-state index < -0.39 is 0 Å². The minimum atomic E-state index is -0.0701. The number of anilines is 1. The summed E-state index contributed by atoms with van der Waals surface area (Å²) in [5.41, 5.74) is 6.75. The normalized spacial score (nSPS) is 23.1. The topological polar surface area (TPSA) is 49.6 Å². The summed E-state index contributed by atoms with van der Waals surface area (Å²) in [7, 11) is 4.08. The van der Waals surface area contributed by atoms with E-state index in [2.05, 4.69) is 11.8 Å². The van der Waals surface area contributed by atoms with Crippen molar-refractivity contribution in [1.29, 1.82) is 0 Å². The number of rotatable bonds is 2. The molecule has 104 valence electrons. The third kappa shape index (κ3) is 2.69. The van der Waals surface area contributed by atoms with E-state index in [4.69, 9.17) is 17.3 Å². The van der Waals surface area contributed by atoms with Gasteiger partial charge in [0.15, 0.2) is 0 Å². The zero-order valence-electron chi connectivity index (χ0n) is 11.6. The van der Waals surface area contributed by atoms with Crippen molar-refractivity contribution >= 4 is 23.2 Å². The van der Waals surface area contributed by atoms with Gasteiger partial charge in [0, 0.05) is 24.8 Å². The smallest absolute Gasteiger partial charge is 0.257 e. The Bertz CT molecular complexity index is 469. The molecule has 1 fully saturated rings. The highest BCUT2D eigenvalue weighted by atomic mass is 35.5. The molecular formula is C14H20ClN3O. The summed E-state index contributed by atoms with van der Waals surface area (Å²) >= 11 is 6.10. The summed E-state index contributed by atoms with van der Waals surface area (Å²) in [6.07, 6.45) is 0. The molecule has 0 radical (unpaired) electrons. The minimum Gasteiger partial charge on any atom is -0.398 e. The van der Waals surface area contributed by atoms with Crippen LogP contribution in [0.5, 0.6) is 0 Å². The third-order valence-corrected chi connectivity index (χ3v) is 4.10. The highest BCUT2D eigenvalue weighted by molar-refractivity contribution is 6.34. The van der Waals surface area contributed by atoms with Crippen LogP contribution in [0.3, 0.4) is 0 Å². The maximum absolute atomic E-state index is 12.5. The van der Waals surface area contributed by atoms with E-state index >= 15 is 0 Å². The predicted octanol–water partition coefficient (Wildman–Crippen LogP) is 1.94. The Kier molecular flexibility index (Phi) is 4.02. The molecule has 0 saturated carbocycles. The van der Waals surface area contributed by atoms with Crippen LogP contribution in [0.4, 0.5) is 5.69 Å². The zero-order valence-corrected chi connectivity index (χ0v) is 12.3. The summed E-state index contributed by atoms with van der Waals surface area (Å²) in [6.45, 7) is 3.62. The van der Waals surface area contributed by atoms with E-state index in [1.54, 1.807) is 18.2 Å². The van der Waals surface area contributed by atoms with Crippen molar-refractivity contribution in [3.8, 4) is 0 Å². The van der Waals surface area contributed by atoms with E-state index in [-0.39, 0.29) is 5.91 Å². The van der Waals surface area contributed by atoms with Crippen LogP contribution in [-0.2, 0) is 0 Å². The van der Waals surface area contributed by atoms with Crippen molar-refractivity contribution in [1.82, 2.24) is 9.80 Å². The summed E-state index contributed by atoms with van der Waals surface area (Å²) in [5, 5.41) is 0.422. The molecule has 1 aliphatic heterocycles. The van der Waals surface area contributed by atoms with Gasteiger partial charge in [0.05, 0.1) is 10.6 Å². The lowest BCUT2D eigenvalue weighted by molar-refractivity contribution is 0.0782. The molecule has 1 aromatic rings. The molecule has 1 amide bonds. The van der Waals surface area contributed by atoms with Crippen LogP contribution < -0.4 is 5.73 Å². The van der Waals surface area contributed by atoms with Crippen molar-refractivity contribution in [3.05, 3.63) is 28.8 Å². The number of amides is 1. The molecule has 1 aromatic carbocycles. The number of likely N-dealkylation sites (N-methyl/N-ethyl adjacent to an activating group) is 1. The molecule has 19 heavy (non-hydrogen) atoms. The average molecular weight is 282 g/mol. The molecule has 5 heteroatoms. The van der Waals surface area contributed by atoms with Crippen LogP contribution in [-0.4, -0.2) is 48.9 Å². The highest BCUT2D eigenvalue weighted by Crippen LogP contribution is 2.27. The Labute approximate surface area is 119 Å². The lowest BCUT2D eigenvalue weighted by Gasteiger charge is -2.22. The molecule has 0 spiro atoms. The van der Waals surface area contributed by atoms with Crippen molar-refractivity contribution in [2.75, 3.05) is 32.9 Å². The van der Waals surface area contributed by atoms with Gasteiger partial charge in [-0.15, -0.1) is 0 Å². The van der Waals surface area contributed by atoms with Gasteiger partial charge < -0.3 is 15.5 Å². The Hall–Kier alpha value is -1.26. The summed E-state index contributed by atoms with van der Waals surface area (Å²) in [4.78, 5) is 16.5. The van der Waals surface area contributed by atoms with Crippen molar-refractivity contribution in [3.63, 3.8) is 0 Å². The molecule has 0 aromatic heterocycles. The van der Waals surface area contributed by atoms with E-state index in [9.17, 15) is 4.79 Å². The number of hydrogen-bond acceptors (Lipinski definition) is 3. The van der Waals surface area contributed by atoms with E-state index in [1.165, 1.54) is 0 Å². The first-order chi connectivity index (χ1) is 8.91. The van der Waals surface area contributed by atoms with Gasteiger partial charge in [0.1, 0.15) is 0 Å². The van der Waals surface area contributed by atoms with Crippen LogP contribution in [0.15, 0.2) is 18.2 Å². The first-order valence-corrected chi connectivity index (χ1v) is 6.79. The molecule has 2 rings (SSSR count). The number of carbonyl (C=O) groups excluding carboxylic acids is 1. The van der Waals surface area contributed by atoms with Gasteiger partial charge in [0.2, 0.25) is 0 Å². The molecule has 4 nitrogen and oxygen atoms in total. The first kappa shape index (κ1) is 14.2. The maximum atomic E-state index is 12.5. The zero-order chi connectivity index (χ0) is 14.2. The van der Waals surface area contributed by atoms with Crippen LogP contribution in [0.25, 0.3) is 0 Å². The fourth-order valence-electron chi connectivity index (χ4n) is 2.71. The van der Waals surface area contributed by atoms with Gasteiger partial charge in [-0.25, -0.2) is 0 Å². The Balaban J connectivity index is 2.22. The van der Waals surface area contributed by atoms with E-state index in [1.807, 2.05) is 19.0 Å². The molecule has 1 aliphatic rings. The molecule has 0 bridgehead atoms. The van der Waals surface area contributed by atoms with Crippen molar-refractivity contribution in [2.45, 2.75) is 13.0 Å². The second-order valence-corrected chi connectivity index (χ2v) is 5.83. The second-order valence-electron chi connectivity index (χ2n) is 5.42. The Morgan fingerprint density at radius 3 is 2.63 bits per heavy atom. The molecule has 1 heterocycles. The first-order valence-electron chi connectivity index (χ1n) is 6.41. The number of nitrogens with two attached hydrogens (primary N) is 1. The number of hydrogen-bond donors (Lipinski definition) is 1. The monoisotopic (exact) mass is 281 g/mol. The number of likely N-dealkylation sites (tertiary alicyclic amines) is 1. The molecule has 0 aliphatic carbocycles. The highest BCUT2D eigenvalue weighted by Gasteiger charge is 2.35. The number of halogens is 1. The standard InChI is InChI=1S/C14H20ClN3O/c1-9-7-18(8-12(9)17(2)3)14(19)13-10(15)5-4-6-11(13)16/h4-6,9,12H,7-8,16H2,1-3H3. The summed E-state index contributed by atoms with van der Waals surface area (Å²) in [6, 6.07) is 5.55. The van der Waals surface area contributed by atoms with Crippen LogP contribution in [0.1, 0.15) is 17.3 Å². The number of benzene rings is 1. The van der Waals surface area contributed by atoms with Gasteiger partial charge in [-0.1, -0.05) is 24.6 Å². The maximum Gasteiger partial charge on any atom is 0.257 e. The second kappa shape index (κ2) is 5.39. The number of nitrogens with zero attached hydrogens (tertiary/aromatic N) is 2. The molecule has 2 unspecified atom stereocenters. The Morgan fingerprint density at radius 2 is 2.11 bits per heavy atom. The van der Waals surface area contributed by atoms with Crippen molar-refractivity contribution in [2.24, 2.45) is 5.92 Å². The van der Waals surface area contributed by atoms with Crippen LogP contribution in [0, 0.1) is 5.92 Å². The summed E-state index contributed by atoms with van der Waals surface area (Å²) < 4.78 is 0. The van der Waals surface area contributed by atoms with Gasteiger partial charge in [0.25, 0.3) is 5.91 Å². The molecule has 2 atom stereocenters. The van der Waals surface area contributed by atoms with Crippen LogP contribution >= 0.6 is 11.6 Å². The third-order valence-electron chi connectivity index (χ3n) is 3.78. The lowest BCUT2D eigenvalue weighted by Crippen LogP contribution is -2.36. The lowest BCUT2D eigenvalue weighted by atomic mass is 10.1. The number of nitrogen functional groups attached to an aromatic ring is 1. The van der Waals surface area contributed by atoms with E-state index in [0.29, 0.717) is 28.2 Å². The van der Waals surface area contributed by atoms with Crippen molar-refractivity contribution < 1.29 is 4.79 Å². The quantitative estimate of drug-likeness (QED) is 0.843. The van der Waals surface area contributed by atoms with Crippen LogP contribution in [0.2, 0.25) is 5.02 Å². The average Bonchev–Trinajstić information content (AvgIpc) is 2.71. The molecular weight excluding hydrogens is 262 g/mol. The fraction of sp³-hybridized carbons (Fsp3) is 0.500. The van der Waals surface area contributed by atoms with Gasteiger partial charge in [-0.2, -0.15) is 0 Å². The molecule has 1 saturated heterocycles. The Morgan fingerprint density at radius 1 is 1.42 bits per heavy atom. The SMILES string of the molecule is CC1CN(C(=O)c2c(N)cccc2Cl)CC1N(C)C. The number of carbonyl (C=O) groups is 1. The predicted molar refractivity (Wildman–Crippen MR) is 78.4 cm³/mol. The fourth-order valence-corrected chi connectivity index (χ4v) is 2.97. The van der Waals surface area contributed by atoms with Gasteiger partial charge in [-0.05, 0) is 32.1 Å². The summed E-state index contributed by atoms with van der Waals surface area (Å²) in [5.74, 6) is 0.377.